The van der Waals surface area contributed by atoms with Crippen molar-refractivity contribution >= 4 is 11.8 Å². The lowest BCUT2D eigenvalue weighted by atomic mass is 9.98. The third-order valence-corrected chi connectivity index (χ3v) is 4.62. The summed E-state index contributed by atoms with van der Waals surface area (Å²) in [4.78, 5) is 36.0. The number of fused-ring (bicyclic) bond motifs is 1. The standard InChI is InChI=1S/C22H17NO5/c24-21-17-13-7-8-14-18(17)22(25)23(21)27-19(15-9-3-1-4-10-15)20(28-26)16-11-5-2-6-12-16/h1-14,19-20,26H. The van der Waals surface area contributed by atoms with E-state index in [4.69, 9.17) is 9.73 Å². The van der Waals surface area contributed by atoms with Crippen LogP contribution in [-0.2, 0) is 9.73 Å². The third-order valence-electron chi connectivity index (χ3n) is 4.62. The Balaban J connectivity index is 1.71. The average Bonchev–Trinajstić information content (AvgIpc) is 3.00. The van der Waals surface area contributed by atoms with Gasteiger partial charge in [-0.3, -0.25) is 19.7 Å². The van der Waals surface area contributed by atoms with Crippen molar-refractivity contribution in [3.63, 3.8) is 0 Å². The van der Waals surface area contributed by atoms with Crippen molar-refractivity contribution in [2.24, 2.45) is 0 Å². The molecule has 2 atom stereocenters. The first kappa shape index (κ1) is 18.1. The van der Waals surface area contributed by atoms with Crippen LogP contribution in [0.2, 0.25) is 0 Å². The summed E-state index contributed by atoms with van der Waals surface area (Å²) in [5.41, 5.74) is 1.83. The summed E-state index contributed by atoms with van der Waals surface area (Å²) in [5.74, 6) is -1.10. The molecule has 28 heavy (non-hydrogen) atoms. The van der Waals surface area contributed by atoms with E-state index in [1.165, 1.54) is 0 Å². The smallest absolute Gasteiger partial charge is 0.266 e. The van der Waals surface area contributed by atoms with E-state index >= 15 is 0 Å². The minimum atomic E-state index is -0.951. The molecule has 6 heteroatoms. The molecule has 0 bridgehead atoms. The molecule has 0 spiro atoms. The quantitative estimate of drug-likeness (QED) is 0.397. The Kier molecular flexibility index (Phi) is 4.99. The highest BCUT2D eigenvalue weighted by Gasteiger charge is 2.40. The molecule has 1 N–H and O–H groups in total. The van der Waals surface area contributed by atoms with Gasteiger partial charge in [0.05, 0.1) is 11.1 Å². The number of benzene rings is 3. The van der Waals surface area contributed by atoms with Crippen LogP contribution in [0.1, 0.15) is 44.1 Å². The highest BCUT2D eigenvalue weighted by molar-refractivity contribution is 6.20. The highest BCUT2D eigenvalue weighted by Crippen LogP contribution is 2.37. The molecule has 0 saturated heterocycles. The van der Waals surface area contributed by atoms with E-state index in [0.717, 1.165) is 5.06 Å². The van der Waals surface area contributed by atoms with Crippen LogP contribution in [0.5, 0.6) is 0 Å². The summed E-state index contributed by atoms with van der Waals surface area (Å²) in [7, 11) is 0. The molecule has 140 valence electrons. The summed E-state index contributed by atoms with van der Waals surface area (Å²) < 4.78 is 0. The predicted molar refractivity (Wildman–Crippen MR) is 100 cm³/mol. The van der Waals surface area contributed by atoms with Crippen molar-refractivity contribution < 1.29 is 24.6 Å². The number of carbonyl (C=O) groups is 2. The van der Waals surface area contributed by atoms with Gasteiger partial charge in [-0.25, -0.2) is 4.89 Å². The average molecular weight is 375 g/mol. The molecule has 0 saturated carbocycles. The molecule has 0 radical (unpaired) electrons. The minimum Gasteiger partial charge on any atom is -0.266 e. The van der Waals surface area contributed by atoms with E-state index in [9.17, 15) is 14.8 Å². The van der Waals surface area contributed by atoms with Crippen LogP contribution in [0.4, 0.5) is 0 Å². The van der Waals surface area contributed by atoms with E-state index in [1.807, 2.05) is 12.1 Å². The summed E-state index contributed by atoms with van der Waals surface area (Å²) in [6.07, 6.45) is -1.89. The van der Waals surface area contributed by atoms with E-state index in [0.29, 0.717) is 11.1 Å². The summed E-state index contributed by atoms with van der Waals surface area (Å²) in [6, 6.07) is 24.5. The maximum absolute atomic E-state index is 12.7. The fourth-order valence-corrected chi connectivity index (χ4v) is 3.24. The molecule has 4 rings (SSSR count). The SMILES string of the molecule is O=C1c2ccccc2C(=O)N1OC(c1ccccc1)C(OO)c1ccccc1. The Hall–Kier alpha value is -3.32. The maximum Gasteiger partial charge on any atom is 0.285 e. The number of imide groups is 1. The molecule has 3 aromatic carbocycles. The van der Waals surface area contributed by atoms with Crippen LogP contribution in [0, 0.1) is 0 Å². The van der Waals surface area contributed by atoms with Crippen LogP contribution in [0.25, 0.3) is 0 Å². The fourth-order valence-electron chi connectivity index (χ4n) is 3.24. The first-order valence-electron chi connectivity index (χ1n) is 8.75. The van der Waals surface area contributed by atoms with Crippen molar-refractivity contribution in [2.45, 2.75) is 12.2 Å². The zero-order chi connectivity index (χ0) is 19.5. The molecule has 1 aliphatic rings. The van der Waals surface area contributed by atoms with E-state index in [2.05, 4.69) is 0 Å². The lowest BCUT2D eigenvalue weighted by Crippen LogP contribution is -2.34. The van der Waals surface area contributed by atoms with Gasteiger partial charge in [0.2, 0.25) is 0 Å². The summed E-state index contributed by atoms with van der Waals surface area (Å²) in [6.45, 7) is 0. The van der Waals surface area contributed by atoms with Crippen LogP contribution < -0.4 is 0 Å². The van der Waals surface area contributed by atoms with Gasteiger partial charge in [-0.2, -0.15) is 0 Å². The van der Waals surface area contributed by atoms with Crippen molar-refractivity contribution in [2.75, 3.05) is 0 Å². The normalized spacial score (nSPS) is 15.4. The van der Waals surface area contributed by atoms with Gasteiger partial charge in [0, 0.05) is 0 Å². The molecule has 3 aromatic rings. The van der Waals surface area contributed by atoms with Crippen LogP contribution in [0.15, 0.2) is 84.9 Å². The topological polar surface area (TPSA) is 76.1 Å². The number of nitrogens with zero attached hydrogens (tertiary/aromatic N) is 1. The second-order valence-electron chi connectivity index (χ2n) is 6.32. The summed E-state index contributed by atoms with van der Waals surface area (Å²) >= 11 is 0. The number of carbonyl (C=O) groups excluding carboxylic acids is 2. The Bertz CT molecular complexity index is 955. The molecule has 0 aromatic heterocycles. The van der Waals surface area contributed by atoms with Gasteiger partial charge in [0.25, 0.3) is 11.8 Å². The first-order chi connectivity index (χ1) is 13.7. The monoisotopic (exact) mass is 375 g/mol. The molecule has 2 amide bonds. The van der Waals surface area contributed by atoms with E-state index in [-0.39, 0.29) is 11.1 Å². The maximum atomic E-state index is 12.7. The van der Waals surface area contributed by atoms with Crippen molar-refractivity contribution in [3.05, 3.63) is 107 Å². The minimum absolute atomic E-state index is 0.278. The number of hydrogen-bond donors (Lipinski definition) is 1. The predicted octanol–water partition coefficient (Wildman–Crippen LogP) is 4.19. The zero-order valence-electron chi connectivity index (χ0n) is 14.8. The molecule has 1 heterocycles. The van der Waals surface area contributed by atoms with Crippen molar-refractivity contribution in [1.29, 1.82) is 0 Å². The number of amides is 2. The Morgan fingerprint density at radius 3 is 1.54 bits per heavy atom. The molecular formula is C22H17NO5. The lowest BCUT2D eigenvalue weighted by molar-refractivity contribution is -0.319. The molecule has 2 unspecified atom stereocenters. The van der Waals surface area contributed by atoms with Crippen molar-refractivity contribution in [1.82, 2.24) is 5.06 Å². The number of rotatable bonds is 6. The van der Waals surface area contributed by atoms with Gasteiger partial charge in [-0.1, -0.05) is 72.8 Å². The summed E-state index contributed by atoms with van der Waals surface area (Å²) in [5, 5.41) is 10.4. The number of hydroxylamine groups is 2. The number of hydrogen-bond acceptors (Lipinski definition) is 5. The van der Waals surface area contributed by atoms with E-state index in [1.54, 1.807) is 72.8 Å². The second kappa shape index (κ2) is 7.74. The molecule has 0 aliphatic carbocycles. The molecule has 1 aliphatic heterocycles. The van der Waals surface area contributed by atoms with Crippen LogP contribution in [-0.4, -0.2) is 22.1 Å². The van der Waals surface area contributed by atoms with Gasteiger partial charge >= 0.3 is 0 Å². The molecular weight excluding hydrogens is 358 g/mol. The van der Waals surface area contributed by atoms with Gasteiger partial charge in [-0.05, 0) is 23.3 Å². The van der Waals surface area contributed by atoms with Crippen LogP contribution in [0.3, 0.4) is 0 Å². The molecule has 0 fully saturated rings. The van der Waals surface area contributed by atoms with Crippen molar-refractivity contribution in [3.8, 4) is 0 Å². The third kappa shape index (κ3) is 3.20. The van der Waals surface area contributed by atoms with Gasteiger partial charge < -0.3 is 0 Å². The van der Waals surface area contributed by atoms with Gasteiger partial charge in [0.1, 0.15) is 6.10 Å². The first-order valence-corrected chi connectivity index (χ1v) is 8.75. The lowest BCUT2D eigenvalue weighted by Gasteiger charge is -2.28. The fraction of sp³-hybridized carbons (Fsp3) is 0.0909. The Morgan fingerprint density at radius 2 is 1.07 bits per heavy atom. The van der Waals surface area contributed by atoms with E-state index < -0.39 is 24.0 Å². The van der Waals surface area contributed by atoms with Gasteiger partial charge in [-0.15, -0.1) is 5.06 Å². The largest absolute Gasteiger partial charge is 0.285 e. The van der Waals surface area contributed by atoms with Crippen LogP contribution >= 0.6 is 0 Å². The highest BCUT2D eigenvalue weighted by atomic mass is 17.1. The second-order valence-corrected chi connectivity index (χ2v) is 6.32. The van der Waals surface area contributed by atoms with Gasteiger partial charge in [0.15, 0.2) is 6.10 Å². The zero-order valence-corrected chi connectivity index (χ0v) is 14.8. The Morgan fingerprint density at radius 1 is 0.643 bits per heavy atom. The molecule has 6 nitrogen and oxygen atoms in total. The Labute approximate surface area is 161 Å².